The number of hydrogen-bond acceptors (Lipinski definition) is 2. The molecule has 3 atom stereocenters. The molecule has 0 spiro atoms. The molecule has 0 radical (unpaired) electrons. The van der Waals surface area contributed by atoms with E-state index in [0.717, 1.165) is 18.4 Å². The number of aliphatic hydroxyl groups excluding tert-OH is 1. The molecule has 0 bridgehead atoms. The predicted octanol–water partition coefficient (Wildman–Crippen LogP) is 4.52. The summed E-state index contributed by atoms with van der Waals surface area (Å²) in [5.41, 5.74) is 3.64. The molecule has 3 rings (SSSR count). The van der Waals surface area contributed by atoms with Crippen molar-refractivity contribution in [2.45, 2.75) is 77.7 Å². The Hall–Kier alpha value is -1.02. The van der Waals surface area contributed by atoms with Crippen LogP contribution in [0.5, 0.6) is 5.75 Å². The molecule has 1 saturated carbocycles. The van der Waals surface area contributed by atoms with Crippen molar-refractivity contribution in [1.82, 2.24) is 0 Å². The second-order valence-electron chi connectivity index (χ2n) is 8.73. The third kappa shape index (κ3) is 2.19. The maximum Gasteiger partial charge on any atom is 0.119 e. The molecule has 1 fully saturated rings. The summed E-state index contributed by atoms with van der Waals surface area (Å²) in [6.07, 6.45) is 3.91. The first-order valence-electron chi connectivity index (χ1n) is 8.71. The van der Waals surface area contributed by atoms with E-state index in [9.17, 15) is 10.2 Å². The Morgan fingerprint density at radius 2 is 1.82 bits per heavy atom. The molecule has 0 aromatic heterocycles. The predicted molar refractivity (Wildman–Crippen MR) is 90.4 cm³/mol. The van der Waals surface area contributed by atoms with Crippen LogP contribution in [-0.4, -0.2) is 16.3 Å². The van der Waals surface area contributed by atoms with Crippen molar-refractivity contribution in [3.8, 4) is 5.75 Å². The lowest BCUT2D eigenvalue weighted by Crippen LogP contribution is -2.54. The Bertz CT molecular complexity index is 588. The number of aromatic hydroxyl groups is 1. The molecule has 0 aliphatic heterocycles. The highest BCUT2D eigenvalue weighted by molar-refractivity contribution is 5.49. The van der Waals surface area contributed by atoms with Crippen LogP contribution in [0.15, 0.2) is 12.1 Å². The Balaban J connectivity index is 2.17. The third-order valence-corrected chi connectivity index (χ3v) is 6.35. The lowest BCUT2D eigenvalue weighted by molar-refractivity contribution is -0.0535. The Morgan fingerprint density at radius 1 is 1.14 bits per heavy atom. The zero-order chi connectivity index (χ0) is 16.3. The monoisotopic (exact) mass is 302 g/mol. The van der Waals surface area contributed by atoms with Gasteiger partial charge in [0.1, 0.15) is 5.75 Å². The fourth-order valence-corrected chi connectivity index (χ4v) is 5.49. The van der Waals surface area contributed by atoms with Crippen molar-refractivity contribution in [1.29, 1.82) is 0 Å². The normalized spacial score (nSPS) is 33.4. The van der Waals surface area contributed by atoms with Crippen LogP contribution in [0.3, 0.4) is 0 Å². The highest BCUT2D eigenvalue weighted by Crippen LogP contribution is 2.57. The van der Waals surface area contributed by atoms with Crippen molar-refractivity contribution in [3.63, 3.8) is 0 Å². The molecule has 0 amide bonds. The van der Waals surface area contributed by atoms with Gasteiger partial charge in [-0.15, -0.1) is 0 Å². The van der Waals surface area contributed by atoms with Gasteiger partial charge in [0.2, 0.25) is 0 Å². The molecule has 22 heavy (non-hydrogen) atoms. The smallest absolute Gasteiger partial charge is 0.119 e. The van der Waals surface area contributed by atoms with Gasteiger partial charge in [-0.3, -0.25) is 0 Å². The van der Waals surface area contributed by atoms with Gasteiger partial charge in [-0.25, -0.2) is 0 Å². The Labute approximate surface area is 134 Å². The maximum atomic E-state index is 10.9. The quantitative estimate of drug-likeness (QED) is 0.801. The first-order chi connectivity index (χ1) is 10.2. The van der Waals surface area contributed by atoms with E-state index in [4.69, 9.17) is 0 Å². The summed E-state index contributed by atoms with van der Waals surface area (Å²) in [6.45, 7) is 11.1. The molecule has 122 valence electrons. The molecule has 2 aliphatic carbocycles. The van der Waals surface area contributed by atoms with Crippen molar-refractivity contribution in [2.75, 3.05) is 0 Å². The van der Waals surface area contributed by atoms with Gasteiger partial charge in [0.05, 0.1) is 6.10 Å². The number of hydrogen-bond donors (Lipinski definition) is 2. The Morgan fingerprint density at radius 3 is 2.45 bits per heavy atom. The summed E-state index contributed by atoms with van der Waals surface area (Å²) in [5.74, 6) is 0.995. The van der Waals surface area contributed by atoms with Crippen LogP contribution >= 0.6 is 0 Å². The minimum Gasteiger partial charge on any atom is -0.508 e. The van der Waals surface area contributed by atoms with Crippen molar-refractivity contribution in [3.05, 3.63) is 28.8 Å². The topological polar surface area (TPSA) is 40.5 Å². The van der Waals surface area contributed by atoms with Crippen LogP contribution in [0.25, 0.3) is 0 Å². The standard InChI is InChI=1S/C20H30O2/c1-12(2)14-9-13-10-17(22)18-19(3,4)7-6-8-20(18,5)15(13)11-16(14)21/h9,11-12,17-18,21-22H,6-8,10H2,1-5H3/t17-,18-,20-/m1/s1. The Kier molecular flexibility index (Phi) is 3.60. The summed E-state index contributed by atoms with van der Waals surface area (Å²) >= 11 is 0. The second-order valence-corrected chi connectivity index (χ2v) is 8.73. The summed E-state index contributed by atoms with van der Waals surface area (Å²) in [4.78, 5) is 0. The van der Waals surface area contributed by atoms with Crippen molar-refractivity contribution < 1.29 is 10.2 Å². The van der Waals surface area contributed by atoms with Gasteiger partial charge >= 0.3 is 0 Å². The van der Waals surface area contributed by atoms with E-state index in [0.29, 0.717) is 11.7 Å². The van der Waals surface area contributed by atoms with E-state index in [-0.39, 0.29) is 22.9 Å². The third-order valence-electron chi connectivity index (χ3n) is 6.35. The van der Waals surface area contributed by atoms with E-state index < -0.39 is 0 Å². The fourth-order valence-electron chi connectivity index (χ4n) is 5.49. The van der Waals surface area contributed by atoms with Gasteiger partial charge in [0, 0.05) is 0 Å². The van der Waals surface area contributed by atoms with Gasteiger partial charge in [0.15, 0.2) is 0 Å². The maximum absolute atomic E-state index is 10.9. The van der Waals surface area contributed by atoms with Crippen molar-refractivity contribution >= 4 is 0 Å². The first kappa shape index (κ1) is 15.9. The molecule has 0 heterocycles. The molecular formula is C20H30O2. The average molecular weight is 302 g/mol. The first-order valence-corrected chi connectivity index (χ1v) is 8.71. The van der Waals surface area contributed by atoms with Gasteiger partial charge in [-0.1, -0.05) is 47.1 Å². The minimum absolute atomic E-state index is 0.0261. The average Bonchev–Trinajstić information content (AvgIpc) is 2.37. The number of fused-ring (bicyclic) bond motifs is 3. The van der Waals surface area contributed by atoms with Crippen molar-refractivity contribution in [2.24, 2.45) is 11.3 Å². The van der Waals surface area contributed by atoms with E-state index >= 15 is 0 Å². The second kappa shape index (κ2) is 4.99. The highest BCUT2D eigenvalue weighted by Gasteiger charge is 2.53. The van der Waals surface area contributed by atoms with E-state index in [1.807, 2.05) is 6.07 Å². The number of phenols is 1. The van der Waals surface area contributed by atoms with Crippen LogP contribution in [0.1, 0.15) is 76.5 Å². The number of aliphatic hydroxyl groups is 1. The molecule has 0 saturated heterocycles. The van der Waals surface area contributed by atoms with Crippen LogP contribution in [0.2, 0.25) is 0 Å². The summed E-state index contributed by atoms with van der Waals surface area (Å²) in [6, 6.07) is 4.15. The highest BCUT2D eigenvalue weighted by atomic mass is 16.3. The lowest BCUT2D eigenvalue weighted by Gasteiger charge is -2.56. The number of rotatable bonds is 1. The van der Waals surface area contributed by atoms with Crippen LogP contribution in [0, 0.1) is 11.3 Å². The molecule has 2 nitrogen and oxygen atoms in total. The number of phenolic OH excluding ortho intramolecular Hbond substituents is 1. The zero-order valence-electron chi connectivity index (χ0n) is 14.6. The molecule has 2 N–H and O–H groups in total. The van der Waals surface area contributed by atoms with Gasteiger partial charge < -0.3 is 10.2 Å². The lowest BCUT2D eigenvalue weighted by atomic mass is 9.49. The SMILES string of the molecule is CC(C)c1cc2c(cc1O)[C@@]1(C)CCCC(C)(C)[C@H]1[C@H](O)C2. The van der Waals surface area contributed by atoms with Crippen LogP contribution < -0.4 is 0 Å². The van der Waals surface area contributed by atoms with E-state index in [1.165, 1.54) is 24.0 Å². The summed E-state index contributed by atoms with van der Waals surface area (Å²) in [5, 5.41) is 21.4. The molecule has 2 aliphatic rings. The summed E-state index contributed by atoms with van der Waals surface area (Å²) < 4.78 is 0. The minimum atomic E-state index is -0.280. The van der Waals surface area contributed by atoms with Gasteiger partial charge in [0.25, 0.3) is 0 Å². The van der Waals surface area contributed by atoms with E-state index in [1.54, 1.807) is 0 Å². The van der Waals surface area contributed by atoms with Gasteiger partial charge in [-0.05, 0) is 64.7 Å². The van der Waals surface area contributed by atoms with E-state index in [2.05, 4.69) is 40.7 Å². The largest absolute Gasteiger partial charge is 0.508 e. The molecule has 1 aromatic rings. The molecule has 1 aromatic carbocycles. The van der Waals surface area contributed by atoms with Crippen LogP contribution in [0.4, 0.5) is 0 Å². The molecule has 2 heteroatoms. The molecular weight excluding hydrogens is 272 g/mol. The summed E-state index contributed by atoms with van der Waals surface area (Å²) in [7, 11) is 0. The zero-order valence-corrected chi connectivity index (χ0v) is 14.6. The molecule has 0 unspecified atom stereocenters. The van der Waals surface area contributed by atoms with Gasteiger partial charge in [-0.2, -0.15) is 0 Å². The number of benzene rings is 1. The van der Waals surface area contributed by atoms with Crippen LogP contribution in [-0.2, 0) is 11.8 Å². The fraction of sp³-hybridized carbons (Fsp3) is 0.700.